The van der Waals surface area contributed by atoms with E-state index in [4.69, 9.17) is 0 Å². The Morgan fingerprint density at radius 1 is 1.14 bits per heavy atom. The van der Waals surface area contributed by atoms with Crippen molar-refractivity contribution in [2.45, 2.75) is 12.5 Å². The van der Waals surface area contributed by atoms with E-state index in [1.165, 1.54) is 24.3 Å². The molecule has 1 atom stereocenters. The first-order valence-electron chi connectivity index (χ1n) is 6.53. The third kappa shape index (κ3) is 4.65. The largest absolute Gasteiger partial charge is 0.388 e. The van der Waals surface area contributed by atoms with Crippen molar-refractivity contribution in [2.24, 2.45) is 0 Å². The third-order valence-corrected chi connectivity index (χ3v) is 3.59. The molecule has 5 heteroatoms. The molecule has 3 nitrogen and oxygen atoms in total. The monoisotopic (exact) mass is 351 g/mol. The van der Waals surface area contributed by atoms with Gasteiger partial charge in [-0.2, -0.15) is 0 Å². The van der Waals surface area contributed by atoms with Gasteiger partial charge in [0.05, 0.1) is 6.10 Å². The zero-order valence-electron chi connectivity index (χ0n) is 11.2. The van der Waals surface area contributed by atoms with E-state index in [-0.39, 0.29) is 11.7 Å². The molecule has 0 heterocycles. The van der Waals surface area contributed by atoms with Crippen molar-refractivity contribution < 1.29 is 14.3 Å². The number of amides is 1. The summed E-state index contributed by atoms with van der Waals surface area (Å²) in [6.07, 6.45) is -0.357. The molecular formula is C16H15BrFNO2. The number of hydrogen-bond donors (Lipinski definition) is 2. The summed E-state index contributed by atoms with van der Waals surface area (Å²) in [5, 5.41) is 12.7. The second-order valence-corrected chi connectivity index (χ2v) is 5.53. The Labute approximate surface area is 130 Å². The van der Waals surface area contributed by atoms with Gasteiger partial charge >= 0.3 is 0 Å². The van der Waals surface area contributed by atoms with Crippen LogP contribution in [0.4, 0.5) is 4.39 Å². The number of hydrogen-bond acceptors (Lipinski definition) is 2. The molecule has 2 aromatic carbocycles. The zero-order chi connectivity index (χ0) is 15.2. The highest BCUT2D eigenvalue weighted by atomic mass is 79.9. The van der Waals surface area contributed by atoms with Crippen LogP contribution >= 0.6 is 15.9 Å². The lowest BCUT2D eigenvalue weighted by Crippen LogP contribution is -2.25. The Morgan fingerprint density at radius 2 is 1.76 bits per heavy atom. The summed E-state index contributed by atoms with van der Waals surface area (Å²) in [6, 6.07) is 12.7. The summed E-state index contributed by atoms with van der Waals surface area (Å²) < 4.78 is 13.7. The molecule has 0 fully saturated rings. The average molecular weight is 352 g/mol. The predicted molar refractivity (Wildman–Crippen MR) is 82.5 cm³/mol. The minimum Gasteiger partial charge on any atom is -0.388 e. The molecule has 0 radical (unpaired) electrons. The Hall–Kier alpha value is -1.72. The summed E-state index contributed by atoms with van der Waals surface area (Å²) in [5.74, 6) is -0.525. The molecule has 0 aliphatic carbocycles. The average Bonchev–Trinajstić information content (AvgIpc) is 2.48. The SMILES string of the molecule is O=C(NCCC(O)c1ccc(F)cc1)c1ccc(Br)cc1. The molecule has 0 bridgehead atoms. The van der Waals surface area contributed by atoms with Crippen LogP contribution in [0.1, 0.15) is 28.4 Å². The smallest absolute Gasteiger partial charge is 0.251 e. The number of carbonyl (C=O) groups is 1. The summed E-state index contributed by atoms with van der Waals surface area (Å²) in [5.41, 5.74) is 1.20. The van der Waals surface area contributed by atoms with E-state index in [9.17, 15) is 14.3 Å². The summed E-state index contributed by atoms with van der Waals surface area (Å²) in [7, 11) is 0. The van der Waals surface area contributed by atoms with E-state index >= 15 is 0 Å². The number of halogens is 2. The highest BCUT2D eigenvalue weighted by molar-refractivity contribution is 9.10. The number of carbonyl (C=O) groups excluding carboxylic acids is 1. The van der Waals surface area contributed by atoms with Gasteiger partial charge in [0.15, 0.2) is 0 Å². The topological polar surface area (TPSA) is 49.3 Å². The molecule has 21 heavy (non-hydrogen) atoms. The van der Waals surface area contributed by atoms with Crippen LogP contribution in [0, 0.1) is 5.82 Å². The van der Waals surface area contributed by atoms with Crippen molar-refractivity contribution >= 4 is 21.8 Å². The van der Waals surface area contributed by atoms with E-state index in [2.05, 4.69) is 21.2 Å². The van der Waals surface area contributed by atoms with Gasteiger partial charge in [-0.3, -0.25) is 4.79 Å². The molecule has 0 aliphatic heterocycles. The van der Waals surface area contributed by atoms with Crippen LogP contribution in [0.5, 0.6) is 0 Å². The lowest BCUT2D eigenvalue weighted by molar-refractivity contribution is 0.0942. The minimum atomic E-state index is -0.726. The number of aliphatic hydroxyl groups is 1. The maximum absolute atomic E-state index is 12.8. The van der Waals surface area contributed by atoms with E-state index in [1.54, 1.807) is 24.3 Å². The molecule has 110 valence electrons. The molecule has 1 amide bonds. The molecule has 1 unspecified atom stereocenters. The summed E-state index contributed by atoms with van der Waals surface area (Å²) in [6.45, 7) is 0.341. The Morgan fingerprint density at radius 3 is 2.38 bits per heavy atom. The van der Waals surface area contributed by atoms with Crippen LogP contribution in [-0.2, 0) is 0 Å². The van der Waals surface area contributed by atoms with Crippen molar-refractivity contribution in [3.8, 4) is 0 Å². The van der Waals surface area contributed by atoms with Gasteiger partial charge in [0.2, 0.25) is 0 Å². The van der Waals surface area contributed by atoms with Gasteiger partial charge in [0, 0.05) is 16.6 Å². The van der Waals surface area contributed by atoms with Gasteiger partial charge in [-0.25, -0.2) is 4.39 Å². The van der Waals surface area contributed by atoms with E-state index < -0.39 is 6.10 Å². The highest BCUT2D eigenvalue weighted by Gasteiger charge is 2.09. The van der Waals surface area contributed by atoms with Crippen LogP contribution in [-0.4, -0.2) is 17.6 Å². The Balaban J connectivity index is 1.82. The van der Waals surface area contributed by atoms with E-state index in [0.717, 1.165) is 4.47 Å². The van der Waals surface area contributed by atoms with Gasteiger partial charge in [0.1, 0.15) is 5.82 Å². The number of aliphatic hydroxyl groups excluding tert-OH is 1. The van der Waals surface area contributed by atoms with E-state index in [1.807, 2.05) is 0 Å². The molecule has 0 aliphatic rings. The minimum absolute atomic E-state index is 0.186. The summed E-state index contributed by atoms with van der Waals surface area (Å²) >= 11 is 3.31. The Kier molecular flexibility index (Phi) is 5.47. The first-order chi connectivity index (χ1) is 10.1. The van der Waals surface area contributed by atoms with Crippen LogP contribution in [0.15, 0.2) is 53.0 Å². The van der Waals surface area contributed by atoms with Crippen LogP contribution in [0.25, 0.3) is 0 Å². The van der Waals surface area contributed by atoms with Crippen LogP contribution < -0.4 is 5.32 Å². The van der Waals surface area contributed by atoms with Crippen molar-refractivity contribution in [2.75, 3.05) is 6.54 Å². The van der Waals surface area contributed by atoms with Gasteiger partial charge in [0.25, 0.3) is 5.91 Å². The standard InChI is InChI=1S/C16H15BrFNO2/c17-13-5-1-12(2-6-13)16(21)19-10-9-15(20)11-3-7-14(18)8-4-11/h1-8,15,20H,9-10H2,(H,19,21). The number of nitrogens with one attached hydrogen (secondary N) is 1. The zero-order valence-corrected chi connectivity index (χ0v) is 12.8. The quantitative estimate of drug-likeness (QED) is 0.866. The van der Waals surface area contributed by atoms with Gasteiger partial charge in [-0.15, -0.1) is 0 Å². The fraction of sp³-hybridized carbons (Fsp3) is 0.188. The predicted octanol–water partition coefficient (Wildman–Crippen LogP) is 3.44. The van der Waals surface area contributed by atoms with E-state index in [0.29, 0.717) is 24.1 Å². The molecule has 0 saturated heterocycles. The lowest BCUT2D eigenvalue weighted by Gasteiger charge is -2.11. The highest BCUT2D eigenvalue weighted by Crippen LogP contribution is 2.16. The molecule has 0 saturated carbocycles. The fourth-order valence-corrected chi connectivity index (χ4v) is 2.14. The van der Waals surface area contributed by atoms with Crippen molar-refractivity contribution in [3.63, 3.8) is 0 Å². The molecule has 2 N–H and O–H groups in total. The second-order valence-electron chi connectivity index (χ2n) is 4.62. The molecule has 2 rings (SSSR count). The number of benzene rings is 2. The van der Waals surface area contributed by atoms with Crippen molar-refractivity contribution in [1.29, 1.82) is 0 Å². The second kappa shape index (κ2) is 7.33. The molecule has 0 aromatic heterocycles. The molecule has 2 aromatic rings. The lowest BCUT2D eigenvalue weighted by atomic mass is 10.1. The van der Waals surface area contributed by atoms with Crippen molar-refractivity contribution in [3.05, 3.63) is 69.9 Å². The van der Waals surface area contributed by atoms with Gasteiger partial charge in [-0.05, 0) is 48.4 Å². The van der Waals surface area contributed by atoms with Gasteiger partial charge in [-0.1, -0.05) is 28.1 Å². The van der Waals surface area contributed by atoms with Crippen LogP contribution in [0.3, 0.4) is 0 Å². The molecular weight excluding hydrogens is 337 g/mol. The maximum atomic E-state index is 12.8. The summed E-state index contributed by atoms with van der Waals surface area (Å²) in [4.78, 5) is 11.9. The van der Waals surface area contributed by atoms with Crippen LogP contribution in [0.2, 0.25) is 0 Å². The normalized spacial score (nSPS) is 12.0. The number of rotatable bonds is 5. The first-order valence-corrected chi connectivity index (χ1v) is 7.33. The molecule has 0 spiro atoms. The fourth-order valence-electron chi connectivity index (χ4n) is 1.88. The van der Waals surface area contributed by atoms with Gasteiger partial charge < -0.3 is 10.4 Å². The Bertz CT molecular complexity index is 599. The first kappa shape index (κ1) is 15.7. The maximum Gasteiger partial charge on any atom is 0.251 e. The van der Waals surface area contributed by atoms with Crippen molar-refractivity contribution in [1.82, 2.24) is 5.32 Å². The third-order valence-electron chi connectivity index (χ3n) is 3.06.